The van der Waals surface area contributed by atoms with Crippen molar-refractivity contribution in [3.05, 3.63) is 45.8 Å². The summed E-state index contributed by atoms with van der Waals surface area (Å²) in [5.41, 5.74) is 5.98. The molecule has 3 rings (SSSR count). The van der Waals surface area contributed by atoms with Crippen LogP contribution in [0.5, 0.6) is 0 Å². The van der Waals surface area contributed by atoms with Gasteiger partial charge in [-0.25, -0.2) is 9.67 Å². The zero-order valence-electron chi connectivity index (χ0n) is 12.0. The molecule has 7 nitrogen and oxygen atoms in total. The minimum Gasteiger partial charge on any atom is -0.369 e. The van der Waals surface area contributed by atoms with Crippen LogP contribution in [0.25, 0.3) is 16.7 Å². The molecule has 2 heterocycles. The summed E-state index contributed by atoms with van der Waals surface area (Å²) in [6.07, 6.45) is 1.44. The number of thioether (sulfide) groups is 1. The van der Waals surface area contributed by atoms with Crippen LogP contribution in [0.4, 0.5) is 0 Å². The number of carbonyl (C=O) groups is 1. The van der Waals surface area contributed by atoms with Crippen LogP contribution in [0.15, 0.2) is 40.4 Å². The first kappa shape index (κ1) is 15.6. The van der Waals surface area contributed by atoms with Gasteiger partial charge in [0, 0.05) is 5.02 Å². The normalized spacial score (nSPS) is 12.4. The van der Waals surface area contributed by atoms with E-state index in [-0.39, 0.29) is 5.56 Å². The summed E-state index contributed by atoms with van der Waals surface area (Å²) in [6.45, 7) is 1.64. The average Bonchev–Trinajstić information content (AvgIpc) is 2.91. The van der Waals surface area contributed by atoms with Crippen LogP contribution in [0.3, 0.4) is 0 Å². The van der Waals surface area contributed by atoms with Gasteiger partial charge < -0.3 is 10.7 Å². The van der Waals surface area contributed by atoms with E-state index in [4.69, 9.17) is 17.3 Å². The summed E-state index contributed by atoms with van der Waals surface area (Å²) in [5.74, 6) is -0.485. The second kappa shape index (κ2) is 6.05. The van der Waals surface area contributed by atoms with E-state index in [1.54, 1.807) is 31.2 Å². The Morgan fingerprint density at radius 3 is 2.96 bits per heavy atom. The lowest BCUT2D eigenvalue weighted by Gasteiger charge is -2.07. The molecule has 3 N–H and O–H groups in total. The molecule has 0 aliphatic rings. The van der Waals surface area contributed by atoms with Crippen molar-refractivity contribution >= 4 is 40.3 Å². The van der Waals surface area contributed by atoms with Crippen LogP contribution in [0.1, 0.15) is 6.92 Å². The summed E-state index contributed by atoms with van der Waals surface area (Å²) >= 11 is 7.08. The van der Waals surface area contributed by atoms with E-state index in [2.05, 4.69) is 15.1 Å². The number of nitrogens with two attached hydrogens (primary N) is 1. The van der Waals surface area contributed by atoms with Crippen molar-refractivity contribution in [1.29, 1.82) is 0 Å². The maximum absolute atomic E-state index is 12.2. The molecule has 9 heteroatoms. The predicted octanol–water partition coefficient (Wildman–Crippen LogP) is 1.73. The molecule has 1 atom stereocenters. The summed E-state index contributed by atoms with van der Waals surface area (Å²) in [5, 5.41) is 4.88. The van der Waals surface area contributed by atoms with Crippen LogP contribution in [0.2, 0.25) is 5.02 Å². The third kappa shape index (κ3) is 3.08. The molecule has 118 valence electrons. The second-order valence-electron chi connectivity index (χ2n) is 4.81. The Morgan fingerprint density at radius 2 is 2.26 bits per heavy atom. The van der Waals surface area contributed by atoms with Gasteiger partial charge in [0.15, 0.2) is 10.8 Å². The fourth-order valence-electron chi connectivity index (χ4n) is 1.98. The second-order valence-corrected chi connectivity index (χ2v) is 6.57. The van der Waals surface area contributed by atoms with Crippen LogP contribution < -0.4 is 11.3 Å². The fourth-order valence-corrected chi connectivity index (χ4v) is 2.90. The molecular weight excluding hydrogens is 338 g/mol. The summed E-state index contributed by atoms with van der Waals surface area (Å²) in [4.78, 5) is 30.3. The number of aromatic nitrogens is 4. The number of hydrogen-bond donors (Lipinski definition) is 2. The van der Waals surface area contributed by atoms with Gasteiger partial charge in [-0.3, -0.25) is 9.59 Å². The van der Waals surface area contributed by atoms with Crippen molar-refractivity contribution in [2.75, 3.05) is 0 Å². The van der Waals surface area contributed by atoms with E-state index >= 15 is 0 Å². The number of benzene rings is 1. The highest BCUT2D eigenvalue weighted by Crippen LogP contribution is 2.22. The SMILES string of the molecule is C[C@@H](Sc1nc2c(cnn2-c2cccc(Cl)c2)c(=O)[nH]1)C(N)=O. The van der Waals surface area contributed by atoms with Gasteiger partial charge in [-0.05, 0) is 25.1 Å². The molecule has 0 fully saturated rings. The Kier molecular flexibility index (Phi) is 4.10. The third-order valence-electron chi connectivity index (χ3n) is 3.16. The molecular formula is C14H12ClN5O2S. The smallest absolute Gasteiger partial charge is 0.262 e. The number of fused-ring (bicyclic) bond motifs is 1. The van der Waals surface area contributed by atoms with Crippen LogP contribution in [0, 0.1) is 0 Å². The number of amides is 1. The molecule has 2 aromatic heterocycles. The largest absolute Gasteiger partial charge is 0.369 e. The number of hydrogen-bond acceptors (Lipinski definition) is 5. The molecule has 0 radical (unpaired) electrons. The number of aromatic amines is 1. The number of nitrogens with zero attached hydrogens (tertiary/aromatic N) is 3. The molecule has 0 saturated carbocycles. The minimum atomic E-state index is -0.516. The molecule has 1 amide bonds. The molecule has 3 aromatic rings. The van der Waals surface area contributed by atoms with Crippen molar-refractivity contribution in [3.63, 3.8) is 0 Å². The van der Waals surface area contributed by atoms with E-state index in [1.165, 1.54) is 10.9 Å². The Labute approximate surface area is 139 Å². The number of nitrogens with one attached hydrogen (secondary N) is 1. The lowest BCUT2D eigenvalue weighted by atomic mass is 10.3. The quantitative estimate of drug-likeness (QED) is 0.551. The van der Waals surface area contributed by atoms with E-state index in [0.717, 1.165) is 11.8 Å². The molecule has 1 aromatic carbocycles. The van der Waals surface area contributed by atoms with Crippen LogP contribution >= 0.6 is 23.4 Å². The maximum atomic E-state index is 12.2. The Balaban J connectivity index is 2.13. The lowest BCUT2D eigenvalue weighted by Crippen LogP contribution is -2.23. The molecule has 23 heavy (non-hydrogen) atoms. The lowest BCUT2D eigenvalue weighted by molar-refractivity contribution is -0.117. The van der Waals surface area contributed by atoms with Gasteiger partial charge in [-0.1, -0.05) is 29.4 Å². The molecule has 0 aliphatic carbocycles. The van der Waals surface area contributed by atoms with Crippen molar-refractivity contribution < 1.29 is 4.79 Å². The number of primary amides is 1. The Hall–Kier alpha value is -2.32. The average molecular weight is 350 g/mol. The standard InChI is InChI=1S/C14H12ClN5O2S/c1-7(11(16)21)23-14-18-12-10(13(22)19-14)6-17-20(12)9-4-2-3-8(15)5-9/h2-7H,1H3,(H2,16,21)(H,18,19,22)/t7-/m1/s1. The highest BCUT2D eigenvalue weighted by molar-refractivity contribution is 8.00. The van der Waals surface area contributed by atoms with Crippen LogP contribution in [-0.4, -0.2) is 30.9 Å². The Morgan fingerprint density at radius 1 is 1.48 bits per heavy atom. The first-order chi connectivity index (χ1) is 11.0. The van der Waals surface area contributed by atoms with Crippen molar-refractivity contribution in [2.24, 2.45) is 5.73 Å². The van der Waals surface area contributed by atoms with E-state index in [0.29, 0.717) is 26.9 Å². The van der Waals surface area contributed by atoms with Gasteiger partial charge in [0.05, 0.1) is 17.1 Å². The predicted molar refractivity (Wildman–Crippen MR) is 89.0 cm³/mol. The van der Waals surface area contributed by atoms with Crippen LogP contribution in [-0.2, 0) is 4.79 Å². The molecule has 0 unspecified atom stereocenters. The highest BCUT2D eigenvalue weighted by atomic mass is 35.5. The fraction of sp³-hybridized carbons (Fsp3) is 0.143. The summed E-state index contributed by atoms with van der Waals surface area (Å²) in [6, 6.07) is 7.05. The highest BCUT2D eigenvalue weighted by Gasteiger charge is 2.16. The van der Waals surface area contributed by atoms with Crippen molar-refractivity contribution in [3.8, 4) is 5.69 Å². The molecule has 0 bridgehead atoms. The minimum absolute atomic E-state index is 0.303. The van der Waals surface area contributed by atoms with Gasteiger partial charge in [0.2, 0.25) is 5.91 Å². The first-order valence-corrected chi connectivity index (χ1v) is 7.91. The topological polar surface area (TPSA) is 107 Å². The number of H-pyrrole nitrogens is 1. The third-order valence-corrected chi connectivity index (χ3v) is 4.40. The molecule has 0 spiro atoms. The number of halogens is 1. The summed E-state index contributed by atoms with van der Waals surface area (Å²) < 4.78 is 1.52. The van der Waals surface area contributed by atoms with Gasteiger partial charge in [-0.15, -0.1) is 0 Å². The summed E-state index contributed by atoms with van der Waals surface area (Å²) in [7, 11) is 0. The zero-order valence-corrected chi connectivity index (χ0v) is 13.6. The van der Waals surface area contributed by atoms with E-state index in [1.807, 2.05) is 0 Å². The number of rotatable bonds is 4. The van der Waals surface area contributed by atoms with Gasteiger partial charge in [0.25, 0.3) is 5.56 Å². The maximum Gasteiger partial charge on any atom is 0.262 e. The monoisotopic (exact) mass is 349 g/mol. The van der Waals surface area contributed by atoms with E-state index in [9.17, 15) is 9.59 Å². The van der Waals surface area contributed by atoms with Gasteiger partial charge >= 0.3 is 0 Å². The molecule has 0 aliphatic heterocycles. The first-order valence-electron chi connectivity index (χ1n) is 6.65. The Bertz CT molecular complexity index is 952. The van der Waals surface area contributed by atoms with Gasteiger partial charge in [0.1, 0.15) is 5.39 Å². The van der Waals surface area contributed by atoms with E-state index < -0.39 is 11.2 Å². The molecule has 0 saturated heterocycles. The zero-order chi connectivity index (χ0) is 16.6. The van der Waals surface area contributed by atoms with Gasteiger partial charge in [-0.2, -0.15) is 5.10 Å². The van der Waals surface area contributed by atoms with Crippen molar-refractivity contribution in [1.82, 2.24) is 19.7 Å². The van der Waals surface area contributed by atoms with Crippen molar-refractivity contribution in [2.45, 2.75) is 17.3 Å². The number of carbonyl (C=O) groups excluding carboxylic acids is 1.